The van der Waals surface area contributed by atoms with Crippen LogP contribution in [-0.2, 0) is 6.54 Å². The van der Waals surface area contributed by atoms with Gasteiger partial charge in [0.1, 0.15) is 17.5 Å². The summed E-state index contributed by atoms with van der Waals surface area (Å²) in [6.07, 6.45) is 1.92. The lowest BCUT2D eigenvalue weighted by atomic mass is 10.0. The van der Waals surface area contributed by atoms with E-state index in [9.17, 15) is 13.6 Å². The van der Waals surface area contributed by atoms with E-state index < -0.39 is 23.7 Å². The maximum atomic E-state index is 14.4. The highest BCUT2D eigenvalue weighted by Crippen LogP contribution is 2.39. The molecule has 190 valence electrons. The Bertz CT molecular complexity index is 1660. The lowest BCUT2D eigenvalue weighted by Crippen LogP contribution is -2.38. The number of benzene rings is 3. The number of halogens is 3. The summed E-state index contributed by atoms with van der Waals surface area (Å²) in [5, 5.41) is 7.55. The maximum absolute atomic E-state index is 14.4. The molecule has 1 N–H and O–H groups in total. The van der Waals surface area contributed by atoms with Crippen molar-refractivity contribution in [2.24, 2.45) is 0 Å². The Balaban J connectivity index is 1.53. The van der Waals surface area contributed by atoms with Gasteiger partial charge in [-0.1, -0.05) is 41.9 Å². The van der Waals surface area contributed by atoms with E-state index in [1.807, 2.05) is 64.8 Å². The van der Waals surface area contributed by atoms with Crippen LogP contribution in [0.5, 0.6) is 0 Å². The smallest absolute Gasteiger partial charge is 0.308 e. The number of nitrogens with one attached hydrogen (secondary N) is 1. The van der Waals surface area contributed by atoms with E-state index in [1.54, 1.807) is 17.0 Å². The van der Waals surface area contributed by atoms with Crippen LogP contribution in [0, 0.1) is 18.6 Å². The fraction of sp³-hybridized carbons (Fsp3) is 0.103. The van der Waals surface area contributed by atoms with E-state index in [0.717, 1.165) is 28.5 Å². The first-order valence-electron chi connectivity index (χ1n) is 12.0. The molecule has 6 nitrogen and oxygen atoms in total. The number of aromatic nitrogens is 3. The Kier molecular flexibility index (Phi) is 5.96. The third kappa shape index (κ3) is 4.13. The molecule has 3 heterocycles. The van der Waals surface area contributed by atoms with Crippen molar-refractivity contribution < 1.29 is 13.6 Å². The first-order valence-corrected chi connectivity index (χ1v) is 12.4. The van der Waals surface area contributed by atoms with Gasteiger partial charge in [-0.15, -0.1) is 0 Å². The van der Waals surface area contributed by atoms with E-state index >= 15 is 0 Å². The fourth-order valence-corrected chi connectivity index (χ4v) is 5.13. The molecule has 0 saturated heterocycles. The normalized spacial score (nSPS) is 14.5. The van der Waals surface area contributed by atoms with Crippen LogP contribution in [0.1, 0.15) is 28.6 Å². The molecule has 0 radical (unpaired) electrons. The van der Waals surface area contributed by atoms with Crippen molar-refractivity contribution in [1.82, 2.24) is 19.2 Å². The molecule has 1 aliphatic heterocycles. The minimum Gasteiger partial charge on any atom is -0.308 e. The number of carbonyl (C=O) groups is 1. The molecule has 0 bridgehead atoms. The number of nitrogens with zero attached hydrogens (tertiary/aromatic N) is 4. The number of fused-ring (bicyclic) bond motifs is 3. The van der Waals surface area contributed by atoms with Crippen molar-refractivity contribution in [3.8, 4) is 11.5 Å². The minimum atomic E-state index is -0.632. The van der Waals surface area contributed by atoms with Gasteiger partial charge in [0.05, 0.1) is 34.7 Å². The number of anilines is 1. The quantitative estimate of drug-likeness (QED) is 0.272. The summed E-state index contributed by atoms with van der Waals surface area (Å²) in [6, 6.07) is 22.7. The Hall–Kier alpha value is -4.43. The van der Waals surface area contributed by atoms with Gasteiger partial charge < -0.3 is 14.8 Å². The molecule has 3 aromatic carbocycles. The number of rotatable bonds is 3. The summed E-state index contributed by atoms with van der Waals surface area (Å²) < 4.78 is 32.0. The van der Waals surface area contributed by atoms with E-state index in [1.165, 1.54) is 30.3 Å². The lowest BCUT2D eigenvalue weighted by Gasteiger charge is -2.31. The summed E-state index contributed by atoms with van der Waals surface area (Å²) in [5.74, 6) is -0.182. The summed E-state index contributed by atoms with van der Waals surface area (Å²) in [6.45, 7) is 2.09. The monoisotopic (exact) mass is 529 g/mol. The summed E-state index contributed by atoms with van der Waals surface area (Å²) in [7, 11) is 0. The average Bonchev–Trinajstić information content (AvgIpc) is 3.47. The molecule has 38 heavy (non-hydrogen) atoms. The first kappa shape index (κ1) is 23.9. The Morgan fingerprint density at radius 2 is 1.82 bits per heavy atom. The molecule has 0 fully saturated rings. The van der Waals surface area contributed by atoms with Crippen LogP contribution in [0.15, 0.2) is 91.1 Å². The van der Waals surface area contributed by atoms with Crippen LogP contribution in [0.25, 0.3) is 11.5 Å². The molecule has 0 saturated carbocycles. The second-order valence-corrected chi connectivity index (χ2v) is 9.49. The van der Waals surface area contributed by atoms with Gasteiger partial charge in [-0.2, -0.15) is 5.10 Å². The zero-order chi connectivity index (χ0) is 26.4. The van der Waals surface area contributed by atoms with E-state index in [0.29, 0.717) is 11.3 Å². The zero-order valence-corrected chi connectivity index (χ0v) is 21.0. The average molecular weight is 530 g/mol. The van der Waals surface area contributed by atoms with Gasteiger partial charge >= 0.3 is 6.03 Å². The van der Waals surface area contributed by atoms with E-state index in [2.05, 4.69) is 5.32 Å². The highest BCUT2D eigenvalue weighted by atomic mass is 35.5. The standard InChI is InChI=1S/C29H22ClF2N5O/c1-18-23-17-36(29(38)33-21-12-13-25(32)24(30)16-21)27(19-7-5-8-20(31)15-19)26-11-6-14-35(26)28(23)37(34-18)22-9-3-2-4-10-22/h2-16,27H,17H2,1H3,(H,33,38)/t27-/m1/s1. The summed E-state index contributed by atoms with van der Waals surface area (Å²) >= 11 is 5.96. The van der Waals surface area contributed by atoms with Crippen molar-refractivity contribution in [3.05, 3.63) is 130 Å². The van der Waals surface area contributed by atoms with Gasteiger partial charge in [-0.3, -0.25) is 0 Å². The summed E-state index contributed by atoms with van der Waals surface area (Å²) in [4.78, 5) is 15.5. The molecule has 2 aromatic heterocycles. The van der Waals surface area contributed by atoms with Gasteiger partial charge in [0.25, 0.3) is 0 Å². The van der Waals surface area contributed by atoms with E-state index in [-0.39, 0.29) is 11.6 Å². The maximum Gasteiger partial charge on any atom is 0.322 e. The number of amides is 2. The van der Waals surface area contributed by atoms with Gasteiger partial charge in [0, 0.05) is 17.4 Å². The lowest BCUT2D eigenvalue weighted by molar-refractivity contribution is 0.194. The number of aryl methyl sites for hydroxylation is 1. The molecule has 1 aliphatic rings. The van der Waals surface area contributed by atoms with Gasteiger partial charge in [0.15, 0.2) is 0 Å². The molecule has 5 aromatic rings. The second kappa shape index (κ2) is 9.46. The Morgan fingerprint density at radius 3 is 2.58 bits per heavy atom. The number of para-hydroxylation sites is 1. The first-order chi connectivity index (χ1) is 18.4. The van der Waals surface area contributed by atoms with Crippen LogP contribution in [-0.4, -0.2) is 25.3 Å². The topological polar surface area (TPSA) is 55.1 Å². The third-order valence-corrected chi connectivity index (χ3v) is 6.97. The Labute approximate surface area is 222 Å². The molecule has 2 amide bonds. The largest absolute Gasteiger partial charge is 0.322 e. The molecular weight excluding hydrogens is 508 g/mol. The Morgan fingerprint density at radius 1 is 1.00 bits per heavy atom. The van der Waals surface area contributed by atoms with Crippen LogP contribution in [0.2, 0.25) is 5.02 Å². The molecule has 6 rings (SSSR count). The SMILES string of the molecule is Cc1nn(-c2ccccc2)c2c1CN(C(=O)Nc1ccc(F)c(Cl)c1)[C@H](c1cccc(F)c1)c1cccn1-2. The van der Waals surface area contributed by atoms with Gasteiger partial charge in [-0.25, -0.2) is 18.3 Å². The minimum absolute atomic E-state index is 0.100. The molecule has 0 aliphatic carbocycles. The van der Waals surface area contributed by atoms with Crippen molar-refractivity contribution in [1.29, 1.82) is 0 Å². The molecular formula is C29H22ClF2N5O. The number of hydrogen-bond acceptors (Lipinski definition) is 2. The van der Waals surface area contributed by atoms with Crippen molar-refractivity contribution >= 4 is 23.3 Å². The van der Waals surface area contributed by atoms with Crippen molar-refractivity contribution in [2.45, 2.75) is 19.5 Å². The third-order valence-electron chi connectivity index (χ3n) is 6.68. The van der Waals surface area contributed by atoms with Gasteiger partial charge in [-0.05, 0) is 67.1 Å². The highest BCUT2D eigenvalue weighted by molar-refractivity contribution is 6.31. The predicted molar refractivity (Wildman–Crippen MR) is 142 cm³/mol. The zero-order valence-electron chi connectivity index (χ0n) is 20.3. The number of carbonyl (C=O) groups excluding carboxylic acids is 1. The van der Waals surface area contributed by atoms with Crippen molar-refractivity contribution in [2.75, 3.05) is 5.32 Å². The summed E-state index contributed by atoms with van der Waals surface area (Å²) in [5.41, 5.74) is 4.19. The van der Waals surface area contributed by atoms with E-state index in [4.69, 9.17) is 16.7 Å². The van der Waals surface area contributed by atoms with Gasteiger partial charge in [0.2, 0.25) is 0 Å². The van der Waals surface area contributed by atoms with Crippen LogP contribution in [0.4, 0.5) is 19.3 Å². The van der Waals surface area contributed by atoms with Crippen LogP contribution in [0.3, 0.4) is 0 Å². The second-order valence-electron chi connectivity index (χ2n) is 9.08. The molecule has 1 atom stereocenters. The van der Waals surface area contributed by atoms with Crippen molar-refractivity contribution in [3.63, 3.8) is 0 Å². The number of urea groups is 1. The highest BCUT2D eigenvalue weighted by Gasteiger charge is 2.36. The van der Waals surface area contributed by atoms with Crippen LogP contribution >= 0.6 is 11.6 Å². The fourth-order valence-electron chi connectivity index (χ4n) is 4.95. The molecule has 9 heteroatoms. The number of hydrogen-bond donors (Lipinski definition) is 1. The predicted octanol–water partition coefficient (Wildman–Crippen LogP) is 7.04. The molecule has 0 unspecified atom stereocenters. The van der Waals surface area contributed by atoms with Crippen LogP contribution < -0.4 is 5.32 Å². The molecule has 0 spiro atoms.